The summed E-state index contributed by atoms with van der Waals surface area (Å²) in [4.78, 5) is 3.14. The maximum Gasteiger partial charge on any atom is 0.178 e. The van der Waals surface area contributed by atoms with Gasteiger partial charge in [-0.25, -0.2) is 4.39 Å². The van der Waals surface area contributed by atoms with Gasteiger partial charge in [-0.2, -0.15) is 0 Å². The van der Waals surface area contributed by atoms with Gasteiger partial charge >= 0.3 is 0 Å². The van der Waals surface area contributed by atoms with E-state index in [0.717, 1.165) is 37.0 Å². The van der Waals surface area contributed by atoms with E-state index in [9.17, 15) is 4.39 Å². The number of imidazole rings is 1. The Balaban J connectivity index is 2.01. The van der Waals surface area contributed by atoms with E-state index in [0.29, 0.717) is 15.2 Å². The smallest absolute Gasteiger partial charge is 0.178 e. The molecule has 2 aromatic rings. The van der Waals surface area contributed by atoms with Gasteiger partial charge in [0, 0.05) is 25.1 Å². The number of hydrogen-bond acceptors (Lipinski definition) is 2. The summed E-state index contributed by atoms with van der Waals surface area (Å²) >= 11 is 8.58. The molecule has 0 aliphatic carbocycles. The van der Waals surface area contributed by atoms with Gasteiger partial charge in [0.15, 0.2) is 4.77 Å². The summed E-state index contributed by atoms with van der Waals surface area (Å²) in [6.07, 6.45) is 2.31. The monoisotopic (exact) mass is 358 g/mol. The van der Waals surface area contributed by atoms with Crippen LogP contribution in [0.2, 0.25) is 0 Å². The van der Waals surface area contributed by atoms with Crippen molar-refractivity contribution < 1.29 is 9.13 Å². The molecule has 1 aromatic heterocycles. The third-order valence-electron chi connectivity index (χ3n) is 3.98. The van der Waals surface area contributed by atoms with Gasteiger partial charge in [0.05, 0.1) is 21.6 Å². The molecule has 20 heavy (non-hydrogen) atoms. The molecule has 1 aromatic carbocycles. The third-order valence-corrected chi connectivity index (χ3v) is 4.91. The first-order chi connectivity index (χ1) is 9.60. The van der Waals surface area contributed by atoms with E-state index >= 15 is 0 Å². The Morgan fingerprint density at radius 1 is 1.55 bits per heavy atom. The predicted molar refractivity (Wildman–Crippen MR) is 82.9 cm³/mol. The lowest BCUT2D eigenvalue weighted by atomic mass is 9.99. The Morgan fingerprint density at radius 2 is 2.35 bits per heavy atom. The quantitative estimate of drug-likeness (QED) is 0.823. The number of H-pyrrole nitrogens is 1. The van der Waals surface area contributed by atoms with E-state index in [2.05, 4.69) is 27.8 Å². The van der Waals surface area contributed by atoms with Crippen LogP contribution in [-0.4, -0.2) is 22.3 Å². The fourth-order valence-corrected chi connectivity index (χ4v) is 3.55. The Morgan fingerprint density at radius 3 is 3.10 bits per heavy atom. The normalized spacial score (nSPS) is 22.8. The minimum absolute atomic E-state index is 0.269. The summed E-state index contributed by atoms with van der Waals surface area (Å²) in [7, 11) is 0. The van der Waals surface area contributed by atoms with Gasteiger partial charge in [-0.3, -0.25) is 0 Å². The number of rotatable bonds is 3. The lowest BCUT2D eigenvalue weighted by Gasteiger charge is -2.17. The molecule has 2 unspecified atom stereocenters. The highest BCUT2D eigenvalue weighted by atomic mass is 79.9. The van der Waals surface area contributed by atoms with Crippen molar-refractivity contribution in [1.29, 1.82) is 0 Å². The minimum atomic E-state index is -0.269. The number of fused-ring (bicyclic) bond motifs is 1. The summed E-state index contributed by atoms with van der Waals surface area (Å²) in [6.45, 7) is 3.71. The highest BCUT2D eigenvalue weighted by molar-refractivity contribution is 9.10. The van der Waals surface area contributed by atoms with E-state index < -0.39 is 0 Å². The van der Waals surface area contributed by atoms with Crippen molar-refractivity contribution in [3.05, 3.63) is 27.2 Å². The molecule has 1 aliphatic heterocycles. The number of aromatic nitrogens is 2. The number of aromatic amines is 1. The summed E-state index contributed by atoms with van der Waals surface area (Å²) in [5.74, 6) is 0.173. The SMILES string of the molecule is CCC1OCCC1Cn1c(=S)[nH]c2cc(Br)c(F)cc21. The molecule has 1 N–H and O–H groups in total. The Labute approximate surface area is 130 Å². The molecule has 1 aliphatic rings. The van der Waals surface area contributed by atoms with Crippen molar-refractivity contribution in [3.8, 4) is 0 Å². The molecule has 0 amide bonds. The van der Waals surface area contributed by atoms with E-state index in [1.165, 1.54) is 6.07 Å². The van der Waals surface area contributed by atoms with Crippen LogP contribution in [0.25, 0.3) is 11.0 Å². The first-order valence-corrected chi connectivity index (χ1v) is 7.99. The van der Waals surface area contributed by atoms with Crippen molar-refractivity contribution >= 4 is 39.2 Å². The maximum atomic E-state index is 13.8. The molecule has 0 radical (unpaired) electrons. The number of halogens is 2. The summed E-state index contributed by atoms with van der Waals surface area (Å²) < 4.78 is 22.6. The van der Waals surface area contributed by atoms with Crippen LogP contribution in [0.4, 0.5) is 4.39 Å². The molecule has 0 spiro atoms. The van der Waals surface area contributed by atoms with Crippen LogP contribution in [-0.2, 0) is 11.3 Å². The molecule has 3 nitrogen and oxygen atoms in total. The van der Waals surface area contributed by atoms with Crippen LogP contribution < -0.4 is 0 Å². The van der Waals surface area contributed by atoms with Crippen molar-refractivity contribution in [2.24, 2.45) is 5.92 Å². The minimum Gasteiger partial charge on any atom is -0.378 e. The molecular weight excluding hydrogens is 343 g/mol. The number of nitrogens with one attached hydrogen (secondary N) is 1. The molecule has 2 atom stereocenters. The molecule has 3 rings (SSSR count). The molecule has 2 heterocycles. The lowest BCUT2D eigenvalue weighted by molar-refractivity contribution is 0.0837. The molecule has 6 heteroatoms. The van der Waals surface area contributed by atoms with Crippen LogP contribution in [0, 0.1) is 16.5 Å². The fraction of sp³-hybridized carbons (Fsp3) is 0.500. The van der Waals surface area contributed by atoms with Crippen LogP contribution in [0.5, 0.6) is 0 Å². The zero-order chi connectivity index (χ0) is 14.3. The predicted octanol–water partition coefficient (Wildman–Crippen LogP) is 4.42. The average molecular weight is 359 g/mol. The molecule has 1 saturated heterocycles. The highest BCUT2D eigenvalue weighted by Crippen LogP contribution is 2.28. The van der Waals surface area contributed by atoms with Gasteiger partial charge in [0.1, 0.15) is 5.82 Å². The van der Waals surface area contributed by atoms with Gasteiger partial charge in [0.2, 0.25) is 0 Å². The van der Waals surface area contributed by atoms with Gasteiger partial charge in [0.25, 0.3) is 0 Å². The zero-order valence-electron chi connectivity index (χ0n) is 11.2. The standard InChI is InChI=1S/C14H16BrFN2OS/c1-2-13-8(3-4-19-13)7-18-12-6-10(16)9(15)5-11(12)17-14(18)20/h5-6,8,13H,2-4,7H2,1H3,(H,17,20). The van der Waals surface area contributed by atoms with Crippen molar-refractivity contribution in [3.63, 3.8) is 0 Å². The molecular formula is C14H16BrFN2OS. The Bertz CT molecular complexity index is 696. The van der Waals surface area contributed by atoms with E-state index in [1.54, 1.807) is 6.07 Å². The van der Waals surface area contributed by atoms with Gasteiger partial charge in [-0.05, 0) is 47.1 Å². The Hall–Kier alpha value is -0.720. The largest absolute Gasteiger partial charge is 0.378 e. The van der Waals surface area contributed by atoms with Crippen LogP contribution >= 0.6 is 28.1 Å². The summed E-state index contributed by atoms with van der Waals surface area (Å²) in [5.41, 5.74) is 1.67. The second-order valence-corrected chi connectivity index (χ2v) is 6.43. The van der Waals surface area contributed by atoms with E-state index in [-0.39, 0.29) is 11.9 Å². The third kappa shape index (κ3) is 2.44. The number of nitrogens with zero attached hydrogens (tertiary/aromatic N) is 1. The van der Waals surface area contributed by atoms with Gasteiger partial charge in [-0.1, -0.05) is 6.92 Å². The number of benzene rings is 1. The first-order valence-electron chi connectivity index (χ1n) is 6.79. The number of ether oxygens (including phenoxy) is 1. The second-order valence-electron chi connectivity index (χ2n) is 5.19. The average Bonchev–Trinajstić information content (AvgIpc) is 2.97. The molecule has 1 fully saturated rings. The van der Waals surface area contributed by atoms with E-state index in [4.69, 9.17) is 17.0 Å². The summed E-state index contributed by atoms with van der Waals surface area (Å²) in [6, 6.07) is 3.27. The lowest BCUT2D eigenvalue weighted by Crippen LogP contribution is -2.20. The van der Waals surface area contributed by atoms with Crippen LogP contribution in [0.1, 0.15) is 19.8 Å². The van der Waals surface area contributed by atoms with Crippen molar-refractivity contribution in [2.45, 2.75) is 32.4 Å². The highest BCUT2D eigenvalue weighted by Gasteiger charge is 2.27. The molecule has 0 saturated carbocycles. The maximum absolute atomic E-state index is 13.8. The first kappa shape index (κ1) is 14.2. The van der Waals surface area contributed by atoms with Gasteiger partial charge < -0.3 is 14.3 Å². The Kier molecular flexibility index (Phi) is 3.97. The topological polar surface area (TPSA) is 29.9 Å². The van der Waals surface area contributed by atoms with Gasteiger partial charge in [-0.15, -0.1) is 0 Å². The fourth-order valence-electron chi connectivity index (χ4n) is 2.92. The molecule has 0 bridgehead atoms. The van der Waals surface area contributed by atoms with Crippen molar-refractivity contribution in [1.82, 2.24) is 9.55 Å². The van der Waals surface area contributed by atoms with Crippen LogP contribution in [0.3, 0.4) is 0 Å². The molecule has 108 valence electrons. The summed E-state index contributed by atoms with van der Waals surface area (Å²) in [5, 5.41) is 0. The zero-order valence-corrected chi connectivity index (χ0v) is 13.6. The van der Waals surface area contributed by atoms with E-state index in [1.807, 2.05) is 4.57 Å². The second kappa shape index (κ2) is 5.58. The van der Waals surface area contributed by atoms with Crippen molar-refractivity contribution in [2.75, 3.05) is 6.61 Å². The van der Waals surface area contributed by atoms with Crippen LogP contribution in [0.15, 0.2) is 16.6 Å². The number of hydrogen-bond donors (Lipinski definition) is 1.